The Morgan fingerprint density at radius 2 is 1.93 bits per heavy atom. The lowest BCUT2D eigenvalue weighted by molar-refractivity contribution is -0.141. The maximum absolute atomic E-state index is 12.7. The van der Waals surface area contributed by atoms with E-state index in [1.807, 2.05) is 0 Å². The Labute approximate surface area is 156 Å². The highest BCUT2D eigenvalue weighted by Gasteiger charge is 2.30. The van der Waals surface area contributed by atoms with Crippen LogP contribution in [0.5, 0.6) is 0 Å². The normalized spacial score (nSPS) is 11.7. The highest BCUT2D eigenvalue weighted by molar-refractivity contribution is 7.99. The van der Waals surface area contributed by atoms with Crippen LogP contribution in [0.15, 0.2) is 40.2 Å². The predicted molar refractivity (Wildman–Crippen MR) is 92.5 cm³/mol. The minimum Gasteiger partial charge on any atom is -0.411 e. The summed E-state index contributed by atoms with van der Waals surface area (Å²) in [6.07, 6.45) is -1.17. The van der Waals surface area contributed by atoms with Crippen molar-refractivity contribution in [1.29, 1.82) is 0 Å². The van der Waals surface area contributed by atoms with Gasteiger partial charge < -0.3 is 8.98 Å². The number of aryl methyl sites for hydroxylation is 1. The fraction of sp³-hybridized carbons (Fsp3) is 0.294. The molecule has 3 rings (SSSR count). The molecule has 0 aromatic carbocycles. The topological polar surface area (TPSA) is 73.8 Å². The Morgan fingerprint density at radius 3 is 2.59 bits per heavy atom. The zero-order valence-corrected chi connectivity index (χ0v) is 15.3. The van der Waals surface area contributed by atoms with E-state index in [1.54, 1.807) is 31.5 Å². The molecule has 27 heavy (non-hydrogen) atoms. The third-order valence-corrected chi connectivity index (χ3v) is 4.69. The van der Waals surface area contributed by atoms with E-state index < -0.39 is 12.7 Å². The maximum Gasteiger partial charge on any atom is 0.406 e. The molecular formula is C17H15F3N4O2S. The summed E-state index contributed by atoms with van der Waals surface area (Å²) in [4.78, 5) is 16.3. The van der Waals surface area contributed by atoms with Crippen molar-refractivity contribution in [3.63, 3.8) is 0 Å². The molecule has 0 saturated carbocycles. The van der Waals surface area contributed by atoms with Crippen LogP contribution in [0.1, 0.15) is 21.7 Å². The molecule has 0 amide bonds. The molecule has 0 aliphatic carbocycles. The standard InChI is InChI=1S/C17H15F3N4O2S/c1-10-7-13(11(2)24(10)9-17(18,19)20)14(25)8-27-16-23-22-15(26-16)12-3-5-21-6-4-12/h3-7H,8-9H2,1-2H3. The molecule has 3 heterocycles. The van der Waals surface area contributed by atoms with Crippen LogP contribution in [0.25, 0.3) is 11.5 Å². The highest BCUT2D eigenvalue weighted by Crippen LogP contribution is 2.26. The van der Waals surface area contributed by atoms with Gasteiger partial charge in [-0.1, -0.05) is 11.8 Å². The van der Waals surface area contributed by atoms with Crippen LogP contribution in [-0.4, -0.2) is 37.5 Å². The van der Waals surface area contributed by atoms with Gasteiger partial charge in [0.05, 0.1) is 5.75 Å². The van der Waals surface area contributed by atoms with Crippen LogP contribution in [0.4, 0.5) is 13.2 Å². The number of nitrogens with zero attached hydrogens (tertiary/aromatic N) is 4. The second kappa shape index (κ2) is 7.55. The summed E-state index contributed by atoms with van der Waals surface area (Å²) in [5.74, 6) is -0.0187. The van der Waals surface area contributed by atoms with Gasteiger partial charge in [0.2, 0.25) is 5.89 Å². The van der Waals surface area contributed by atoms with Crippen LogP contribution >= 0.6 is 11.8 Å². The van der Waals surface area contributed by atoms with Crippen molar-refractivity contribution in [1.82, 2.24) is 19.7 Å². The third-order valence-electron chi connectivity index (χ3n) is 3.87. The maximum atomic E-state index is 12.7. The van der Waals surface area contributed by atoms with Crippen LogP contribution in [-0.2, 0) is 6.54 Å². The first-order valence-corrected chi connectivity index (χ1v) is 8.86. The van der Waals surface area contributed by atoms with E-state index in [-0.39, 0.29) is 22.3 Å². The van der Waals surface area contributed by atoms with Crippen molar-refractivity contribution in [3.8, 4) is 11.5 Å². The summed E-state index contributed by atoms with van der Waals surface area (Å²) in [6.45, 7) is 1.93. The van der Waals surface area contributed by atoms with Gasteiger partial charge in [-0.25, -0.2) is 0 Å². The van der Waals surface area contributed by atoms with Gasteiger partial charge in [-0.05, 0) is 32.0 Å². The Balaban J connectivity index is 1.68. The largest absolute Gasteiger partial charge is 0.411 e. The number of thioether (sulfide) groups is 1. The number of halogens is 3. The number of rotatable bonds is 6. The van der Waals surface area contributed by atoms with E-state index in [9.17, 15) is 18.0 Å². The monoisotopic (exact) mass is 396 g/mol. The molecule has 0 aliphatic rings. The summed E-state index contributed by atoms with van der Waals surface area (Å²) in [5.41, 5.74) is 1.64. The molecule has 0 aliphatic heterocycles. The first-order valence-electron chi connectivity index (χ1n) is 7.88. The van der Waals surface area contributed by atoms with E-state index in [1.165, 1.54) is 13.0 Å². The summed E-state index contributed by atoms with van der Waals surface area (Å²) >= 11 is 1.04. The Kier molecular flexibility index (Phi) is 5.36. The lowest BCUT2D eigenvalue weighted by Crippen LogP contribution is -2.19. The fourth-order valence-corrected chi connectivity index (χ4v) is 3.24. The Hall–Kier alpha value is -2.62. The molecule has 0 spiro atoms. The number of carbonyl (C=O) groups excluding carboxylic acids is 1. The number of Topliss-reactive ketones (excluding diaryl/α,β-unsaturated/α-hetero) is 1. The first kappa shape index (κ1) is 19.2. The molecule has 0 fully saturated rings. The van der Waals surface area contributed by atoms with E-state index >= 15 is 0 Å². The van der Waals surface area contributed by atoms with Gasteiger partial charge in [0.1, 0.15) is 6.54 Å². The molecule has 3 aromatic heterocycles. The molecule has 0 unspecified atom stereocenters. The van der Waals surface area contributed by atoms with Crippen molar-refractivity contribution in [2.45, 2.75) is 31.8 Å². The number of aromatic nitrogens is 4. The van der Waals surface area contributed by atoms with Gasteiger partial charge in [0, 0.05) is 34.9 Å². The number of hydrogen-bond donors (Lipinski definition) is 0. The molecule has 0 bridgehead atoms. The highest BCUT2D eigenvalue weighted by atomic mass is 32.2. The zero-order chi connectivity index (χ0) is 19.6. The third kappa shape index (κ3) is 4.57. The molecule has 142 valence electrons. The van der Waals surface area contributed by atoms with Gasteiger partial charge in [0.15, 0.2) is 5.78 Å². The lowest BCUT2D eigenvalue weighted by Gasteiger charge is -2.12. The number of pyridine rings is 1. The van der Waals surface area contributed by atoms with Gasteiger partial charge in [-0.2, -0.15) is 13.2 Å². The number of carbonyl (C=O) groups is 1. The van der Waals surface area contributed by atoms with Gasteiger partial charge in [-0.15, -0.1) is 10.2 Å². The Morgan fingerprint density at radius 1 is 1.22 bits per heavy atom. The molecular weight excluding hydrogens is 381 g/mol. The number of hydrogen-bond acceptors (Lipinski definition) is 6. The van der Waals surface area contributed by atoms with Crippen molar-refractivity contribution in [2.24, 2.45) is 0 Å². The van der Waals surface area contributed by atoms with Crippen LogP contribution in [0.2, 0.25) is 0 Å². The lowest BCUT2D eigenvalue weighted by atomic mass is 10.2. The van der Waals surface area contributed by atoms with Gasteiger partial charge >= 0.3 is 6.18 Å². The summed E-state index contributed by atoms with van der Waals surface area (Å²) in [6, 6.07) is 4.89. The van der Waals surface area contributed by atoms with E-state index in [2.05, 4.69) is 15.2 Å². The molecule has 0 atom stereocenters. The molecule has 0 N–H and O–H groups in total. The molecule has 10 heteroatoms. The summed E-state index contributed by atoms with van der Waals surface area (Å²) in [5, 5.41) is 7.99. The minimum absolute atomic E-state index is 0.0196. The Bertz CT molecular complexity index is 951. The molecule has 0 saturated heterocycles. The van der Waals surface area contributed by atoms with Crippen molar-refractivity contribution < 1.29 is 22.4 Å². The van der Waals surface area contributed by atoms with Gasteiger partial charge in [-0.3, -0.25) is 9.78 Å². The summed E-state index contributed by atoms with van der Waals surface area (Å²) < 4.78 is 44.6. The summed E-state index contributed by atoms with van der Waals surface area (Å²) in [7, 11) is 0. The average molecular weight is 396 g/mol. The van der Waals surface area contributed by atoms with Crippen LogP contribution in [0, 0.1) is 13.8 Å². The minimum atomic E-state index is -4.35. The van der Waals surface area contributed by atoms with Crippen molar-refractivity contribution >= 4 is 17.5 Å². The SMILES string of the molecule is Cc1cc(C(=O)CSc2nnc(-c3ccncc3)o2)c(C)n1CC(F)(F)F. The average Bonchev–Trinajstić information content (AvgIpc) is 3.20. The predicted octanol–water partition coefficient (Wildman–Crippen LogP) is 4.09. The number of ketones is 1. The van der Waals surface area contributed by atoms with Crippen LogP contribution in [0.3, 0.4) is 0 Å². The van der Waals surface area contributed by atoms with E-state index in [0.717, 1.165) is 16.3 Å². The van der Waals surface area contributed by atoms with Crippen molar-refractivity contribution in [3.05, 3.63) is 47.5 Å². The fourth-order valence-electron chi connectivity index (χ4n) is 2.59. The van der Waals surface area contributed by atoms with E-state index in [4.69, 9.17) is 4.42 Å². The molecule has 0 radical (unpaired) electrons. The second-order valence-corrected chi connectivity index (χ2v) is 6.73. The van der Waals surface area contributed by atoms with Crippen molar-refractivity contribution in [2.75, 3.05) is 5.75 Å². The second-order valence-electron chi connectivity index (χ2n) is 5.81. The molecule has 3 aromatic rings. The quantitative estimate of drug-likeness (QED) is 0.462. The molecule has 6 nitrogen and oxygen atoms in total. The van der Waals surface area contributed by atoms with E-state index in [0.29, 0.717) is 22.8 Å². The first-order chi connectivity index (χ1) is 12.7. The van der Waals surface area contributed by atoms with Crippen LogP contribution < -0.4 is 0 Å². The van der Waals surface area contributed by atoms with Gasteiger partial charge in [0.25, 0.3) is 5.22 Å². The zero-order valence-electron chi connectivity index (χ0n) is 14.4. The number of alkyl halides is 3. The smallest absolute Gasteiger partial charge is 0.406 e.